The van der Waals surface area contributed by atoms with Gasteiger partial charge in [-0.1, -0.05) is 35.9 Å². The van der Waals surface area contributed by atoms with Crippen LogP contribution in [0.4, 0.5) is 0 Å². The highest BCUT2D eigenvalue weighted by molar-refractivity contribution is 5.91. The van der Waals surface area contributed by atoms with Gasteiger partial charge in [-0.2, -0.15) is 5.10 Å². The third-order valence-electron chi connectivity index (χ3n) is 3.86. The van der Waals surface area contributed by atoms with Crippen LogP contribution in [-0.4, -0.2) is 24.7 Å². The summed E-state index contributed by atoms with van der Waals surface area (Å²) >= 11 is 0. The summed E-state index contributed by atoms with van der Waals surface area (Å²) < 4.78 is 10.7. The topological polar surface area (TPSA) is 77.0 Å². The average molecular weight is 388 g/mol. The average Bonchev–Trinajstić information content (AvgIpc) is 2.74. The Morgan fingerprint density at radius 1 is 0.931 bits per heavy atom. The van der Waals surface area contributed by atoms with Gasteiger partial charge in [0, 0.05) is 0 Å². The SMILES string of the molecule is Cc1cccc(C(=O)Oc2ccc(/C=N/NC(=O)COc3ccccc3)cc2)c1. The summed E-state index contributed by atoms with van der Waals surface area (Å²) in [7, 11) is 0. The van der Waals surface area contributed by atoms with Crippen molar-refractivity contribution in [2.45, 2.75) is 6.92 Å². The van der Waals surface area contributed by atoms with Crippen LogP contribution in [0, 0.1) is 6.92 Å². The highest BCUT2D eigenvalue weighted by Gasteiger charge is 2.08. The van der Waals surface area contributed by atoms with Crippen LogP contribution >= 0.6 is 0 Å². The molecule has 146 valence electrons. The first-order valence-corrected chi connectivity index (χ1v) is 8.99. The lowest BCUT2D eigenvalue weighted by Crippen LogP contribution is -2.24. The molecule has 0 aromatic heterocycles. The minimum absolute atomic E-state index is 0.130. The molecular formula is C23H20N2O4. The summed E-state index contributed by atoms with van der Waals surface area (Å²) in [6.07, 6.45) is 1.49. The van der Waals surface area contributed by atoms with Crippen LogP contribution in [0.2, 0.25) is 0 Å². The fraction of sp³-hybridized carbons (Fsp3) is 0.0870. The maximum Gasteiger partial charge on any atom is 0.343 e. The van der Waals surface area contributed by atoms with E-state index >= 15 is 0 Å². The fourth-order valence-corrected chi connectivity index (χ4v) is 2.44. The molecule has 1 N–H and O–H groups in total. The van der Waals surface area contributed by atoms with Crippen LogP contribution in [0.3, 0.4) is 0 Å². The smallest absolute Gasteiger partial charge is 0.343 e. The lowest BCUT2D eigenvalue weighted by Gasteiger charge is -2.05. The predicted molar refractivity (Wildman–Crippen MR) is 110 cm³/mol. The Balaban J connectivity index is 1.47. The maximum atomic E-state index is 12.2. The molecule has 0 bridgehead atoms. The Labute approximate surface area is 168 Å². The Kier molecular flexibility index (Phi) is 6.73. The third-order valence-corrected chi connectivity index (χ3v) is 3.86. The van der Waals surface area contributed by atoms with Crippen molar-refractivity contribution in [3.63, 3.8) is 0 Å². The number of esters is 1. The number of carbonyl (C=O) groups is 2. The molecule has 3 aromatic rings. The Morgan fingerprint density at radius 2 is 1.69 bits per heavy atom. The van der Waals surface area contributed by atoms with E-state index in [1.54, 1.807) is 48.5 Å². The summed E-state index contributed by atoms with van der Waals surface area (Å²) in [5.74, 6) is 0.256. The number of hydrogen-bond donors (Lipinski definition) is 1. The summed E-state index contributed by atoms with van der Waals surface area (Å²) in [5.41, 5.74) is 4.62. The van der Waals surface area contributed by atoms with E-state index in [9.17, 15) is 9.59 Å². The molecule has 3 rings (SSSR count). The zero-order valence-electron chi connectivity index (χ0n) is 15.9. The number of aryl methyl sites for hydroxylation is 1. The minimum atomic E-state index is -0.416. The van der Waals surface area contributed by atoms with Gasteiger partial charge >= 0.3 is 5.97 Å². The van der Waals surface area contributed by atoms with Crippen molar-refractivity contribution in [3.8, 4) is 11.5 Å². The zero-order chi connectivity index (χ0) is 20.5. The van der Waals surface area contributed by atoms with Gasteiger partial charge in [-0.15, -0.1) is 0 Å². The lowest BCUT2D eigenvalue weighted by atomic mass is 10.1. The summed E-state index contributed by atoms with van der Waals surface area (Å²) in [6, 6.07) is 23.0. The van der Waals surface area contributed by atoms with Gasteiger partial charge in [0.15, 0.2) is 6.61 Å². The van der Waals surface area contributed by atoms with E-state index in [4.69, 9.17) is 9.47 Å². The molecule has 1 amide bonds. The predicted octanol–water partition coefficient (Wildman–Crippen LogP) is 3.74. The Morgan fingerprint density at radius 3 is 2.41 bits per heavy atom. The van der Waals surface area contributed by atoms with Crippen LogP contribution in [0.15, 0.2) is 84.0 Å². The van der Waals surface area contributed by atoms with Crippen LogP contribution < -0.4 is 14.9 Å². The second-order valence-corrected chi connectivity index (χ2v) is 6.22. The molecule has 0 radical (unpaired) electrons. The second-order valence-electron chi connectivity index (χ2n) is 6.22. The molecule has 0 heterocycles. The maximum absolute atomic E-state index is 12.2. The Bertz CT molecular complexity index is 999. The number of rotatable bonds is 7. The van der Waals surface area contributed by atoms with Crippen LogP contribution in [0.1, 0.15) is 21.5 Å². The number of nitrogens with one attached hydrogen (secondary N) is 1. The number of hydrogen-bond acceptors (Lipinski definition) is 5. The van der Waals surface area contributed by atoms with Crippen molar-refractivity contribution in [1.29, 1.82) is 0 Å². The first kappa shape index (κ1) is 19.8. The summed E-state index contributed by atoms with van der Waals surface area (Å²) in [5, 5.41) is 3.89. The molecular weight excluding hydrogens is 368 g/mol. The first-order valence-electron chi connectivity index (χ1n) is 8.99. The molecule has 6 heteroatoms. The minimum Gasteiger partial charge on any atom is -0.484 e. The molecule has 0 unspecified atom stereocenters. The lowest BCUT2D eigenvalue weighted by molar-refractivity contribution is -0.123. The molecule has 0 fully saturated rings. The molecule has 6 nitrogen and oxygen atoms in total. The van der Waals surface area contributed by atoms with Gasteiger partial charge in [0.05, 0.1) is 11.8 Å². The number of carbonyl (C=O) groups excluding carboxylic acids is 2. The van der Waals surface area contributed by atoms with Crippen molar-refractivity contribution in [2.75, 3.05) is 6.61 Å². The molecule has 29 heavy (non-hydrogen) atoms. The number of benzene rings is 3. The van der Waals surface area contributed by atoms with Crippen LogP contribution in [-0.2, 0) is 4.79 Å². The quantitative estimate of drug-likeness (QED) is 0.289. The Hall–Kier alpha value is -3.93. The van der Waals surface area contributed by atoms with Crippen LogP contribution in [0.5, 0.6) is 11.5 Å². The number of amides is 1. The van der Waals surface area contributed by atoms with Gasteiger partial charge in [-0.3, -0.25) is 4.79 Å². The first-order chi connectivity index (χ1) is 14.1. The van der Waals surface area contributed by atoms with E-state index in [0.717, 1.165) is 11.1 Å². The van der Waals surface area contributed by atoms with Crippen molar-refractivity contribution < 1.29 is 19.1 Å². The molecule has 0 saturated carbocycles. The van der Waals surface area contributed by atoms with Crippen LogP contribution in [0.25, 0.3) is 0 Å². The summed E-state index contributed by atoms with van der Waals surface area (Å²) in [4.78, 5) is 23.9. The standard InChI is InChI=1S/C23H20N2O4/c1-17-6-5-7-19(14-17)23(27)29-21-12-10-18(11-13-21)15-24-25-22(26)16-28-20-8-3-2-4-9-20/h2-15H,16H2,1H3,(H,25,26)/b24-15+. The van der Waals surface area contributed by atoms with E-state index in [1.807, 2.05) is 37.3 Å². The summed E-state index contributed by atoms with van der Waals surface area (Å²) in [6.45, 7) is 1.78. The highest BCUT2D eigenvalue weighted by atomic mass is 16.5. The molecule has 0 saturated heterocycles. The van der Waals surface area contributed by atoms with Crippen molar-refractivity contribution in [3.05, 3.63) is 95.6 Å². The van der Waals surface area contributed by atoms with Gasteiger partial charge in [0.2, 0.25) is 0 Å². The normalized spacial score (nSPS) is 10.5. The molecule has 0 aliphatic rings. The van der Waals surface area contributed by atoms with E-state index < -0.39 is 5.97 Å². The number of ether oxygens (including phenoxy) is 2. The molecule has 0 aliphatic heterocycles. The number of para-hydroxylation sites is 1. The van der Waals surface area contributed by atoms with Crippen molar-refractivity contribution >= 4 is 18.1 Å². The van der Waals surface area contributed by atoms with Gasteiger partial charge in [0.25, 0.3) is 5.91 Å². The van der Waals surface area contributed by atoms with Gasteiger partial charge in [-0.05, 0) is 61.0 Å². The number of hydrazone groups is 1. The van der Waals surface area contributed by atoms with Crippen molar-refractivity contribution in [1.82, 2.24) is 5.43 Å². The van der Waals surface area contributed by atoms with Gasteiger partial charge in [-0.25, -0.2) is 10.2 Å². The zero-order valence-corrected chi connectivity index (χ0v) is 15.9. The number of nitrogens with zero attached hydrogens (tertiary/aromatic N) is 1. The molecule has 3 aromatic carbocycles. The van der Waals surface area contributed by atoms with E-state index in [-0.39, 0.29) is 12.5 Å². The second kappa shape index (κ2) is 9.85. The van der Waals surface area contributed by atoms with Crippen molar-refractivity contribution in [2.24, 2.45) is 5.10 Å². The van der Waals surface area contributed by atoms with E-state index in [1.165, 1.54) is 6.21 Å². The molecule has 0 spiro atoms. The van der Waals surface area contributed by atoms with E-state index in [0.29, 0.717) is 17.1 Å². The molecule has 0 atom stereocenters. The van der Waals surface area contributed by atoms with Gasteiger partial charge < -0.3 is 9.47 Å². The fourth-order valence-electron chi connectivity index (χ4n) is 2.44. The highest BCUT2D eigenvalue weighted by Crippen LogP contribution is 2.14. The monoisotopic (exact) mass is 388 g/mol. The third kappa shape index (κ3) is 6.32. The van der Waals surface area contributed by atoms with Gasteiger partial charge in [0.1, 0.15) is 11.5 Å². The van der Waals surface area contributed by atoms with E-state index in [2.05, 4.69) is 10.5 Å². The molecule has 0 aliphatic carbocycles. The largest absolute Gasteiger partial charge is 0.484 e.